The number of nitrogens with one attached hydrogen (secondary N) is 2. The molecular weight excluding hydrogens is 484 g/mol. The number of benzene rings is 5. The SMILES string of the molecule is Cc1cccc(NC2=CCC(Nc3cccc(C)c3-c3ccccc3)(c3ccccc3)C=C2)c1-c1ccccc1. The first-order valence-corrected chi connectivity index (χ1v) is 13.9. The highest BCUT2D eigenvalue weighted by Gasteiger charge is 2.31. The van der Waals surface area contributed by atoms with Gasteiger partial charge in [0.15, 0.2) is 0 Å². The lowest BCUT2D eigenvalue weighted by Gasteiger charge is -2.36. The number of anilines is 2. The van der Waals surface area contributed by atoms with Crippen molar-refractivity contribution in [2.24, 2.45) is 0 Å². The fourth-order valence-corrected chi connectivity index (χ4v) is 5.76. The normalized spacial score (nSPS) is 16.3. The van der Waals surface area contributed by atoms with E-state index >= 15 is 0 Å². The van der Waals surface area contributed by atoms with E-state index in [9.17, 15) is 0 Å². The Kier molecular flexibility index (Phi) is 7.08. The van der Waals surface area contributed by atoms with Gasteiger partial charge in [0, 0.05) is 28.2 Å². The Labute approximate surface area is 237 Å². The lowest BCUT2D eigenvalue weighted by Crippen LogP contribution is -2.34. The number of rotatable bonds is 7. The first-order valence-electron chi connectivity index (χ1n) is 13.9. The Morgan fingerprint density at radius 2 is 1.07 bits per heavy atom. The molecule has 1 aliphatic carbocycles. The molecule has 1 unspecified atom stereocenters. The molecule has 5 aromatic rings. The number of allylic oxidation sites excluding steroid dienone is 1. The van der Waals surface area contributed by atoms with Crippen LogP contribution >= 0.6 is 0 Å². The minimum atomic E-state index is -0.376. The minimum Gasteiger partial charge on any atom is -0.371 e. The van der Waals surface area contributed by atoms with E-state index in [0.717, 1.165) is 23.5 Å². The van der Waals surface area contributed by atoms with Crippen LogP contribution in [0.25, 0.3) is 22.3 Å². The molecule has 0 heterocycles. The molecule has 0 fully saturated rings. The molecule has 0 bridgehead atoms. The lowest BCUT2D eigenvalue weighted by molar-refractivity contribution is 0.615. The smallest absolute Gasteiger partial charge is 0.0849 e. The molecule has 0 saturated heterocycles. The second kappa shape index (κ2) is 11.1. The van der Waals surface area contributed by atoms with Gasteiger partial charge in [-0.1, -0.05) is 127 Å². The standard InChI is InChI=1S/C38H34N2/c1-28-14-12-22-34(36(28)30-16-6-3-7-17-30)39-33-24-26-38(27-25-33,32-20-10-5-11-21-32)40-35-23-13-15-29(2)37(35)31-18-8-4-9-19-31/h3-26,39-40H,27H2,1-2H3. The van der Waals surface area contributed by atoms with E-state index in [1.54, 1.807) is 0 Å². The van der Waals surface area contributed by atoms with E-state index in [1.165, 1.54) is 38.9 Å². The zero-order valence-electron chi connectivity index (χ0n) is 23.1. The largest absolute Gasteiger partial charge is 0.371 e. The highest BCUT2D eigenvalue weighted by atomic mass is 15.0. The van der Waals surface area contributed by atoms with Crippen LogP contribution in [0.2, 0.25) is 0 Å². The average Bonchev–Trinajstić information content (AvgIpc) is 3.00. The molecule has 1 aliphatic rings. The van der Waals surface area contributed by atoms with Gasteiger partial charge in [0.25, 0.3) is 0 Å². The van der Waals surface area contributed by atoms with Gasteiger partial charge in [-0.05, 0) is 66.3 Å². The zero-order valence-corrected chi connectivity index (χ0v) is 23.1. The molecule has 0 amide bonds. The topological polar surface area (TPSA) is 24.1 Å². The number of hydrogen-bond acceptors (Lipinski definition) is 2. The van der Waals surface area contributed by atoms with Crippen molar-refractivity contribution < 1.29 is 0 Å². The molecule has 1 atom stereocenters. The zero-order chi connectivity index (χ0) is 27.4. The van der Waals surface area contributed by atoms with Gasteiger partial charge in [-0.25, -0.2) is 0 Å². The maximum atomic E-state index is 3.99. The van der Waals surface area contributed by atoms with Crippen LogP contribution in [0.1, 0.15) is 23.1 Å². The maximum Gasteiger partial charge on any atom is 0.0849 e. The molecule has 0 spiro atoms. The molecule has 0 aliphatic heterocycles. The fourth-order valence-electron chi connectivity index (χ4n) is 5.76. The Balaban J connectivity index is 1.35. The van der Waals surface area contributed by atoms with E-state index in [0.29, 0.717) is 0 Å². The highest BCUT2D eigenvalue weighted by molar-refractivity contribution is 5.83. The van der Waals surface area contributed by atoms with Crippen LogP contribution in [-0.4, -0.2) is 0 Å². The van der Waals surface area contributed by atoms with Crippen molar-refractivity contribution in [1.29, 1.82) is 0 Å². The number of aryl methyl sites for hydroxylation is 2. The quantitative estimate of drug-likeness (QED) is 0.224. The third kappa shape index (κ3) is 5.09. The van der Waals surface area contributed by atoms with Gasteiger partial charge in [-0.15, -0.1) is 0 Å². The van der Waals surface area contributed by atoms with Gasteiger partial charge in [0.05, 0.1) is 5.54 Å². The van der Waals surface area contributed by atoms with Crippen molar-refractivity contribution in [1.82, 2.24) is 0 Å². The van der Waals surface area contributed by atoms with Crippen LogP contribution in [-0.2, 0) is 5.54 Å². The summed E-state index contributed by atoms with van der Waals surface area (Å²) in [6.07, 6.45) is 7.66. The average molecular weight is 519 g/mol. The number of hydrogen-bond donors (Lipinski definition) is 2. The van der Waals surface area contributed by atoms with E-state index < -0.39 is 0 Å². The molecular formula is C38H34N2. The molecule has 0 aromatic heterocycles. The molecule has 0 saturated carbocycles. The van der Waals surface area contributed by atoms with Crippen LogP contribution < -0.4 is 10.6 Å². The van der Waals surface area contributed by atoms with Crippen LogP contribution in [0.4, 0.5) is 11.4 Å². The van der Waals surface area contributed by atoms with E-state index in [2.05, 4.69) is 170 Å². The molecule has 40 heavy (non-hydrogen) atoms. The molecule has 2 nitrogen and oxygen atoms in total. The fraction of sp³-hybridized carbons (Fsp3) is 0.105. The third-order valence-electron chi connectivity index (χ3n) is 7.79. The Morgan fingerprint density at radius 1 is 0.550 bits per heavy atom. The molecule has 2 N–H and O–H groups in total. The summed E-state index contributed by atoms with van der Waals surface area (Å²) in [5, 5.41) is 7.72. The summed E-state index contributed by atoms with van der Waals surface area (Å²) in [4.78, 5) is 0. The Bertz CT molecular complexity index is 1670. The van der Waals surface area contributed by atoms with Crippen LogP contribution in [0.3, 0.4) is 0 Å². The first-order chi connectivity index (χ1) is 19.6. The highest BCUT2D eigenvalue weighted by Crippen LogP contribution is 2.40. The van der Waals surface area contributed by atoms with Crippen molar-refractivity contribution in [3.8, 4) is 22.3 Å². The van der Waals surface area contributed by atoms with Gasteiger partial charge in [-0.3, -0.25) is 0 Å². The predicted molar refractivity (Wildman–Crippen MR) is 170 cm³/mol. The second-order valence-corrected chi connectivity index (χ2v) is 10.5. The summed E-state index contributed by atoms with van der Waals surface area (Å²) in [6, 6.07) is 45.0. The van der Waals surface area contributed by atoms with Gasteiger partial charge in [-0.2, -0.15) is 0 Å². The summed E-state index contributed by atoms with van der Waals surface area (Å²) in [6.45, 7) is 4.36. The lowest BCUT2D eigenvalue weighted by atomic mass is 9.82. The Hall–Kier alpha value is -4.82. The Morgan fingerprint density at radius 3 is 1.62 bits per heavy atom. The monoisotopic (exact) mass is 518 g/mol. The maximum absolute atomic E-state index is 3.99. The van der Waals surface area contributed by atoms with E-state index in [-0.39, 0.29) is 5.54 Å². The van der Waals surface area contributed by atoms with Crippen LogP contribution in [0.15, 0.2) is 151 Å². The summed E-state index contributed by atoms with van der Waals surface area (Å²) in [5.41, 5.74) is 11.6. The van der Waals surface area contributed by atoms with Crippen molar-refractivity contribution in [2.45, 2.75) is 25.8 Å². The van der Waals surface area contributed by atoms with Crippen LogP contribution in [0, 0.1) is 13.8 Å². The molecule has 5 aromatic carbocycles. The van der Waals surface area contributed by atoms with Crippen LogP contribution in [0.5, 0.6) is 0 Å². The van der Waals surface area contributed by atoms with Crippen molar-refractivity contribution in [3.05, 3.63) is 168 Å². The van der Waals surface area contributed by atoms with Crippen molar-refractivity contribution >= 4 is 11.4 Å². The summed E-state index contributed by atoms with van der Waals surface area (Å²) in [5.74, 6) is 0. The molecule has 2 heteroatoms. The molecule has 0 radical (unpaired) electrons. The predicted octanol–water partition coefficient (Wildman–Crippen LogP) is 9.90. The summed E-state index contributed by atoms with van der Waals surface area (Å²) in [7, 11) is 0. The second-order valence-electron chi connectivity index (χ2n) is 10.5. The molecule has 6 rings (SSSR count). The summed E-state index contributed by atoms with van der Waals surface area (Å²) < 4.78 is 0. The van der Waals surface area contributed by atoms with Crippen molar-refractivity contribution in [3.63, 3.8) is 0 Å². The van der Waals surface area contributed by atoms with Gasteiger partial charge in [0.1, 0.15) is 0 Å². The third-order valence-corrected chi connectivity index (χ3v) is 7.79. The van der Waals surface area contributed by atoms with Gasteiger partial charge in [0.2, 0.25) is 0 Å². The van der Waals surface area contributed by atoms with E-state index in [1.807, 2.05) is 0 Å². The first kappa shape index (κ1) is 25.5. The minimum absolute atomic E-state index is 0.376. The summed E-state index contributed by atoms with van der Waals surface area (Å²) >= 11 is 0. The van der Waals surface area contributed by atoms with Gasteiger partial charge >= 0.3 is 0 Å². The molecule has 196 valence electrons. The van der Waals surface area contributed by atoms with E-state index in [4.69, 9.17) is 0 Å². The van der Waals surface area contributed by atoms with Gasteiger partial charge < -0.3 is 10.6 Å². The van der Waals surface area contributed by atoms with Crippen molar-refractivity contribution in [2.75, 3.05) is 10.6 Å².